The zero-order chi connectivity index (χ0) is 30.5. The summed E-state index contributed by atoms with van der Waals surface area (Å²) in [6.45, 7) is 10.1. The third-order valence-electron chi connectivity index (χ3n) is 8.21. The first kappa shape index (κ1) is 28.6. The maximum absolute atomic E-state index is 12.9. The highest BCUT2D eigenvalue weighted by Crippen LogP contribution is 2.53. The summed E-state index contributed by atoms with van der Waals surface area (Å²) >= 11 is 0. The minimum atomic E-state index is -1.24. The molecular formula is C35H35N3O5. The minimum absolute atomic E-state index is 0.0983. The molecule has 0 saturated carbocycles. The van der Waals surface area contributed by atoms with Crippen molar-refractivity contribution >= 4 is 40.4 Å². The second-order valence-electron chi connectivity index (χ2n) is 12.4. The van der Waals surface area contributed by atoms with Crippen molar-refractivity contribution in [1.29, 1.82) is 0 Å². The van der Waals surface area contributed by atoms with E-state index < -0.39 is 23.2 Å². The Hall–Kier alpha value is -4.56. The molecule has 0 spiro atoms. The number of ether oxygens (including phenoxy) is 2. The second kappa shape index (κ2) is 10.6. The van der Waals surface area contributed by atoms with E-state index in [9.17, 15) is 14.7 Å². The fraction of sp³-hybridized carbons (Fsp3) is 0.314. The Bertz CT molecular complexity index is 1760. The highest BCUT2D eigenvalue weighted by atomic mass is 16.5. The molecule has 0 bridgehead atoms. The zero-order valence-electron chi connectivity index (χ0n) is 25.0. The number of carboxylic acids is 1. The number of pyridine rings is 1. The number of aliphatic carboxylic acids is 1. The van der Waals surface area contributed by atoms with Crippen molar-refractivity contribution in [2.45, 2.75) is 58.3 Å². The molecule has 0 radical (unpaired) electrons. The molecule has 3 unspecified atom stereocenters. The van der Waals surface area contributed by atoms with Crippen LogP contribution in [0.25, 0.3) is 16.5 Å². The van der Waals surface area contributed by atoms with E-state index in [2.05, 4.69) is 18.3 Å². The van der Waals surface area contributed by atoms with Crippen molar-refractivity contribution in [3.05, 3.63) is 100 Å². The Morgan fingerprint density at radius 1 is 1.12 bits per heavy atom. The summed E-state index contributed by atoms with van der Waals surface area (Å²) in [6.07, 6.45) is 7.45. The Balaban J connectivity index is 1.57. The number of dihydropyridines is 1. The molecule has 3 heterocycles. The average Bonchev–Trinajstić information content (AvgIpc) is 2.96. The first-order valence-electron chi connectivity index (χ1n) is 14.5. The lowest BCUT2D eigenvalue weighted by Gasteiger charge is -2.45. The number of nitrogens with zero attached hydrogens (tertiary/aromatic N) is 2. The van der Waals surface area contributed by atoms with E-state index in [-0.39, 0.29) is 11.8 Å². The fourth-order valence-electron chi connectivity index (χ4n) is 6.40. The third kappa shape index (κ3) is 5.16. The number of amides is 1. The topological polar surface area (TPSA) is 110 Å². The quantitative estimate of drug-likeness (QED) is 0.333. The molecule has 43 heavy (non-hydrogen) atoms. The number of carbonyl (C=O) groups excluding carboxylic acids is 1. The van der Waals surface area contributed by atoms with Gasteiger partial charge in [0.2, 0.25) is 0 Å². The number of carbonyl (C=O) groups is 2. The number of aliphatic imine (C=N–C) groups is 1. The van der Waals surface area contributed by atoms with Crippen molar-refractivity contribution < 1.29 is 24.2 Å². The number of aryl methyl sites for hydroxylation is 1. The number of hydrogen-bond acceptors (Lipinski definition) is 6. The number of carboxylic acid groups (broad SMARTS) is 1. The van der Waals surface area contributed by atoms with Crippen LogP contribution in [0.3, 0.4) is 0 Å². The standard InChI is InChI=1S/C35H35N3O5/c1-20-19-25-23(11-14-27(37-25)38-32(39)22-9-7-6-8-10-22)29(28(20)31(33(40)41)43-34(2,3)4)24-12-13-26-30-21(16-18-42-26)15-17-36-35(24,30)5/h6-15,17,19,30-31H,16,18H2,1-5H3,(H,40,41)(H,37,38,39). The van der Waals surface area contributed by atoms with Crippen LogP contribution in [0.1, 0.15) is 67.3 Å². The summed E-state index contributed by atoms with van der Waals surface area (Å²) in [5.74, 6) is -0.181. The number of benzene rings is 2. The molecule has 3 aromatic rings. The summed E-state index contributed by atoms with van der Waals surface area (Å²) in [6, 6.07) is 14.5. The SMILES string of the molecule is Cc1cc2nc(NC(=O)c3ccccc3)ccc2c(C2=CC=C3OCCC4=CC=NC2(C)C43)c1C(OC(C)(C)C)C(=O)O. The molecule has 1 aliphatic carbocycles. The predicted molar refractivity (Wildman–Crippen MR) is 167 cm³/mol. The van der Waals surface area contributed by atoms with Crippen LogP contribution in [0.2, 0.25) is 0 Å². The smallest absolute Gasteiger partial charge is 0.337 e. The van der Waals surface area contributed by atoms with Gasteiger partial charge in [0.1, 0.15) is 11.6 Å². The molecule has 1 aromatic heterocycles. The van der Waals surface area contributed by atoms with E-state index in [0.29, 0.717) is 34.6 Å². The molecule has 1 amide bonds. The van der Waals surface area contributed by atoms with Gasteiger partial charge in [-0.05, 0) is 93.8 Å². The Morgan fingerprint density at radius 3 is 2.60 bits per heavy atom. The lowest BCUT2D eigenvalue weighted by molar-refractivity contribution is -0.160. The molecule has 1 saturated heterocycles. The van der Waals surface area contributed by atoms with Crippen LogP contribution < -0.4 is 5.32 Å². The van der Waals surface area contributed by atoms with Gasteiger partial charge >= 0.3 is 5.97 Å². The van der Waals surface area contributed by atoms with Gasteiger partial charge < -0.3 is 19.9 Å². The predicted octanol–water partition coefficient (Wildman–Crippen LogP) is 6.82. The number of allylic oxidation sites excluding steroid dienone is 3. The first-order chi connectivity index (χ1) is 20.5. The number of hydrogen-bond donors (Lipinski definition) is 2. The van der Waals surface area contributed by atoms with Crippen LogP contribution in [0.4, 0.5) is 5.82 Å². The van der Waals surface area contributed by atoms with Gasteiger partial charge in [-0.25, -0.2) is 9.78 Å². The lowest BCUT2D eigenvalue weighted by Crippen LogP contribution is -2.43. The largest absolute Gasteiger partial charge is 0.497 e. The van der Waals surface area contributed by atoms with Crippen LogP contribution in [-0.4, -0.2) is 45.9 Å². The molecule has 2 aromatic carbocycles. The Morgan fingerprint density at radius 2 is 1.88 bits per heavy atom. The Kier molecular flexibility index (Phi) is 7.05. The summed E-state index contributed by atoms with van der Waals surface area (Å²) in [7, 11) is 0. The molecule has 2 N–H and O–H groups in total. The average molecular weight is 578 g/mol. The number of nitrogens with one attached hydrogen (secondary N) is 1. The highest BCUT2D eigenvalue weighted by Gasteiger charge is 2.48. The highest BCUT2D eigenvalue weighted by molar-refractivity contribution is 6.05. The molecule has 3 atom stereocenters. The van der Waals surface area contributed by atoms with Crippen molar-refractivity contribution in [3.8, 4) is 0 Å². The summed E-state index contributed by atoms with van der Waals surface area (Å²) in [5, 5.41) is 14.1. The summed E-state index contributed by atoms with van der Waals surface area (Å²) in [4.78, 5) is 35.6. The monoisotopic (exact) mass is 577 g/mol. The zero-order valence-corrected chi connectivity index (χ0v) is 25.0. The molecule has 220 valence electrons. The van der Waals surface area contributed by atoms with Gasteiger partial charge in [-0.15, -0.1) is 0 Å². The summed E-state index contributed by atoms with van der Waals surface area (Å²) in [5.41, 5.74) is 3.79. The molecule has 1 fully saturated rings. The Labute approximate surface area is 250 Å². The summed E-state index contributed by atoms with van der Waals surface area (Å²) < 4.78 is 12.3. The van der Waals surface area contributed by atoms with Crippen molar-refractivity contribution in [1.82, 2.24) is 4.98 Å². The molecule has 8 heteroatoms. The van der Waals surface area contributed by atoms with E-state index >= 15 is 0 Å². The van der Waals surface area contributed by atoms with Crippen molar-refractivity contribution in [2.24, 2.45) is 10.9 Å². The second-order valence-corrected chi connectivity index (χ2v) is 12.4. The van der Waals surface area contributed by atoms with E-state index in [0.717, 1.165) is 28.7 Å². The minimum Gasteiger partial charge on any atom is -0.497 e. The lowest BCUT2D eigenvalue weighted by atomic mass is 9.66. The number of rotatable bonds is 6. The van der Waals surface area contributed by atoms with Crippen molar-refractivity contribution in [2.75, 3.05) is 11.9 Å². The molecule has 2 aliphatic heterocycles. The van der Waals surface area contributed by atoms with E-state index in [1.54, 1.807) is 18.2 Å². The van der Waals surface area contributed by atoms with Crippen LogP contribution in [-0.2, 0) is 14.3 Å². The van der Waals surface area contributed by atoms with Crippen molar-refractivity contribution in [3.63, 3.8) is 0 Å². The first-order valence-corrected chi connectivity index (χ1v) is 14.5. The maximum Gasteiger partial charge on any atom is 0.337 e. The number of aromatic nitrogens is 1. The van der Waals surface area contributed by atoms with Gasteiger partial charge in [-0.3, -0.25) is 9.79 Å². The number of fused-ring (bicyclic) bond motifs is 1. The van der Waals surface area contributed by atoms with Gasteiger partial charge in [0.15, 0.2) is 6.10 Å². The maximum atomic E-state index is 12.9. The van der Waals surface area contributed by atoms with Crippen LogP contribution in [0.5, 0.6) is 0 Å². The normalized spacial score (nSPS) is 21.6. The van der Waals surface area contributed by atoms with Crippen LogP contribution >= 0.6 is 0 Å². The molecular weight excluding hydrogens is 542 g/mol. The van der Waals surface area contributed by atoms with E-state index in [4.69, 9.17) is 19.5 Å². The van der Waals surface area contributed by atoms with Crippen LogP contribution in [0, 0.1) is 12.8 Å². The van der Waals surface area contributed by atoms with Crippen LogP contribution in [0.15, 0.2) is 83.1 Å². The number of anilines is 1. The van der Waals surface area contributed by atoms with E-state index in [1.165, 1.54) is 5.57 Å². The van der Waals surface area contributed by atoms with Gasteiger partial charge in [0.25, 0.3) is 5.91 Å². The molecule has 8 nitrogen and oxygen atoms in total. The van der Waals surface area contributed by atoms with Gasteiger partial charge in [0.05, 0.1) is 29.2 Å². The molecule has 6 rings (SSSR count). The fourth-order valence-corrected chi connectivity index (χ4v) is 6.40. The van der Waals surface area contributed by atoms with Gasteiger partial charge in [-0.1, -0.05) is 29.8 Å². The van der Waals surface area contributed by atoms with E-state index in [1.807, 2.05) is 76.4 Å². The van der Waals surface area contributed by atoms with Gasteiger partial charge in [0, 0.05) is 29.1 Å². The van der Waals surface area contributed by atoms with Gasteiger partial charge in [-0.2, -0.15) is 0 Å². The third-order valence-corrected chi connectivity index (χ3v) is 8.21. The molecule has 3 aliphatic rings.